The van der Waals surface area contributed by atoms with E-state index in [0.29, 0.717) is 24.2 Å². The number of carbonyl (C=O) groups is 5. The number of rotatable bonds is 16. The van der Waals surface area contributed by atoms with Crippen LogP contribution in [0.15, 0.2) is 232 Å². The quantitative estimate of drug-likeness (QED) is 0.0346. The van der Waals surface area contributed by atoms with E-state index in [4.69, 9.17) is 20.9 Å². The number of imidazole rings is 3. The molecule has 11 aromatic heterocycles. The predicted molar refractivity (Wildman–Crippen MR) is 492 cm³/mol. The first kappa shape index (κ1) is 90.9. The van der Waals surface area contributed by atoms with Crippen LogP contribution in [-0.4, -0.2) is 256 Å². The molecule has 2 amide bonds. The molecule has 0 saturated carbocycles. The maximum absolute atomic E-state index is 12.7. The third kappa shape index (κ3) is 24.0. The molecule has 3 fully saturated rings. The average Bonchev–Trinajstić information content (AvgIpc) is 1.66. The number of aromatic nitrogens is 24. The number of esters is 2. The van der Waals surface area contributed by atoms with Gasteiger partial charge in [0.25, 0.3) is 23.5 Å². The predicted octanol–water partition coefficient (Wildman–Crippen LogP) is 5.70. The lowest BCUT2D eigenvalue weighted by molar-refractivity contribution is 0.0578. The second kappa shape index (κ2) is 42.7. The van der Waals surface area contributed by atoms with Crippen LogP contribution in [0.2, 0.25) is 0 Å². The van der Waals surface area contributed by atoms with Gasteiger partial charge >= 0.3 is 25.0 Å². The number of hydrogen-bond donors (Lipinski definition) is 7. The molecule has 0 aliphatic carbocycles. The zero-order valence-electron chi connectivity index (χ0n) is 66.7. The Balaban J connectivity index is 0.000000132. The Morgan fingerprint density at radius 2 is 0.794 bits per heavy atom. The lowest BCUT2D eigenvalue weighted by atomic mass is 9.81. The molecule has 8 N–H and O–H groups in total. The van der Waals surface area contributed by atoms with Gasteiger partial charge in [-0.15, -0.1) is 20.4 Å². The average molecular weight is 2180 g/mol. The maximum atomic E-state index is 12.7. The molecule has 3 atom stereocenters. The van der Waals surface area contributed by atoms with Gasteiger partial charge in [-0.3, -0.25) is 14.7 Å². The number of carbonyl (C=O) groups excluding carboxylic acids is 4. The number of amides is 2. The van der Waals surface area contributed by atoms with Crippen molar-refractivity contribution in [2.45, 2.75) is 42.3 Å². The van der Waals surface area contributed by atoms with Gasteiger partial charge in [0.2, 0.25) is 17.5 Å². The number of aromatic carboxylic acids is 1. The van der Waals surface area contributed by atoms with Crippen molar-refractivity contribution < 1.29 is 57.0 Å². The number of hydrogen-bond acceptors (Lipinski definition) is 31. The second-order valence-corrected chi connectivity index (χ2v) is 34.3. The molecule has 0 bridgehead atoms. The smallest absolute Gasteiger partial charge is 0.475 e. The number of ether oxygens (including phenoxy) is 2. The van der Waals surface area contributed by atoms with Crippen LogP contribution in [-0.2, 0) is 19.3 Å². The molecule has 42 nitrogen and oxygen atoms in total. The highest BCUT2D eigenvalue weighted by molar-refractivity contribution is 14.1. The number of aromatic amines is 1. The summed E-state index contributed by atoms with van der Waals surface area (Å²) in [5.41, 5.74) is 12.0. The van der Waals surface area contributed by atoms with Crippen molar-refractivity contribution >= 4 is 177 Å². The fraction of sp³-hybridized carbons (Fsp3) is 0.192. The standard InChI is InChI=1S/C20H20N8O3S.C19H17IN8O.C10H8IN3O2.C10H13N5.C9H6IN3O2.C6H6BIO2.C4H5N3O2/c1-32(30,31)16-4-2-15(3-5-16)28-13-23-17(25-28)20(29)24-14-6-9-27(12-14)19-18-21-7-10-26(18)11-8-22-19;20-13-1-3-15(4-2-13)28-12-23-16(25-28)19(29)24-14-5-8-27(11-14)18-17-21-6-9-26(17)10-7-22-18;1-16-10(15)9-12-6-14(13-9)8-4-2-7(11)3-5-8;11-8-1-4-15(7-8)10-9-12-2-5-14(9)6-3-13-10;10-6-1-3-7(4-2-6)13-5-11-8(12-13)9(14)15;8-6-3-1-5(2-4-6)7(9)10;1-9-4(8)3-5-2-6-7-3/h2-5,7-8,10-11,13-14H,6,9,12H2,1H3,(H,24,29);1-4,6-7,9-10,12,14H,5,8,11H2,(H,24,29);2-6H,1H3;2-3,5-6,8H,1,4,7,11H2;1-5H,(H,14,15);1-4,9-10H;2H,1H3,(H,5,6,7)/t2*14-;;8-;;;/m00.0.../s1. The number of nitrogens with two attached hydrogens (primary N) is 1. The van der Waals surface area contributed by atoms with Crippen molar-refractivity contribution in [3.05, 3.63) is 271 Å². The first-order valence-electron chi connectivity index (χ1n) is 37.9. The van der Waals surface area contributed by atoms with Crippen LogP contribution in [0.5, 0.6) is 0 Å². The number of halogens is 4. The molecule has 0 unspecified atom stereocenters. The van der Waals surface area contributed by atoms with Crippen molar-refractivity contribution in [1.82, 2.24) is 128 Å². The molecule has 0 radical (unpaired) electrons. The van der Waals surface area contributed by atoms with E-state index in [0.717, 1.165) is 117 Å². The van der Waals surface area contributed by atoms with Crippen LogP contribution >= 0.6 is 90.4 Å². The number of anilines is 3. The van der Waals surface area contributed by atoms with Gasteiger partial charge in [-0.25, -0.2) is 96.4 Å². The highest BCUT2D eigenvalue weighted by atomic mass is 127. The summed E-state index contributed by atoms with van der Waals surface area (Å²) < 4.78 is 48.3. The Labute approximate surface area is 771 Å². The molecular formula is C78H75BI4N30O12S. The number of carboxylic acid groups (broad SMARTS) is 1. The van der Waals surface area contributed by atoms with E-state index < -0.39 is 34.9 Å². The van der Waals surface area contributed by atoms with Crippen molar-refractivity contribution in [2.24, 2.45) is 5.73 Å². The molecule has 3 aliphatic rings. The molecule has 126 heavy (non-hydrogen) atoms. The molecule has 0 spiro atoms. The molecule has 19 rings (SSSR count). The van der Waals surface area contributed by atoms with Gasteiger partial charge in [0.1, 0.15) is 31.6 Å². The summed E-state index contributed by atoms with van der Waals surface area (Å²) in [5, 5.41) is 54.2. The molecule has 16 aromatic rings. The summed E-state index contributed by atoms with van der Waals surface area (Å²) in [6, 6.07) is 36.5. The van der Waals surface area contributed by atoms with Gasteiger partial charge < -0.3 is 68.9 Å². The van der Waals surface area contributed by atoms with E-state index in [1.807, 2.05) is 135 Å². The number of nitrogens with one attached hydrogen (secondary N) is 3. The molecule has 3 aliphatic heterocycles. The fourth-order valence-electron chi connectivity index (χ4n) is 12.5. The second-order valence-electron chi connectivity index (χ2n) is 27.3. The molecule has 5 aromatic carbocycles. The van der Waals surface area contributed by atoms with E-state index in [-0.39, 0.29) is 64.0 Å². The lowest BCUT2D eigenvalue weighted by Gasteiger charge is -2.18. The Morgan fingerprint density at radius 1 is 0.452 bits per heavy atom. The summed E-state index contributed by atoms with van der Waals surface area (Å²) in [7, 11) is -2.05. The van der Waals surface area contributed by atoms with Crippen LogP contribution in [0, 0.1) is 14.3 Å². The van der Waals surface area contributed by atoms with Gasteiger partial charge in [0, 0.05) is 152 Å². The zero-order valence-corrected chi connectivity index (χ0v) is 76.1. The molecular weight excluding hydrogens is 2100 g/mol. The minimum absolute atomic E-state index is 0.00442. The summed E-state index contributed by atoms with van der Waals surface area (Å²) in [4.78, 5) is 110. The number of H-pyrrole nitrogens is 1. The van der Waals surface area contributed by atoms with Crippen LogP contribution in [0.4, 0.5) is 17.5 Å². The van der Waals surface area contributed by atoms with Gasteiger partial charge in [-0.1, -0.05) is 12.1 Å². The van der Waals surface area contributed by atoms with Crippen molar-refractivity contribution in [2.75, 3.05) is 74.4 Å². The third-order valence-electron chi connectivity index (χ3n) is 18.7. The minimum Gasteiger partial charge on any atom is -0.475 e. The third-order valence-corrected chi connectivity index (χ3v) is 22.8. The van der Waals surface area contributed by atoms with E-state index in [9.17, 15) is 32.4 Å². The van der Waals surface area contributed by atoms with Crippen LogP contribution in [0.25, 0.3) is 39.7 Å². The topological polar surface area (TPSA) is 513 Å². The lowest BCUT2D eigenvalue weighted by Crippen LogP contribution is -2.37. The summed E-state index contributed by atoms with van der Waals surface area (Å²) in [5.74, 6) is -0.0637. The van der Waals surface area contributed by atoms with E-state index in [1.165, 1.54) is 65.7 Å². The highest BCUT2D eigenvalue weighted by Gasteiger charge is 2.31. The molecule has 3 saturated heterocycles. The van der Waals surface area contributed by atoms with E-state index in [1.54, 1.807) is 72.5 Å². The van der Waals surface area contributed by atoms with Crippen LogP contribution in [0.3, 0.4) is 0 Å². The van der Waals surface area contributed by atoms with E-state index in [2.05, 4.69) is 211 Å². The highest BCUT2D eigenvalue weighted by Crippen LogP contribution is 2.26. The Bertz CT molecular complexity index is 6480. The Kier molecular flexibility index (Phi) is 30.8. The minimum atomic E-state index is -3.28. The number of methoxy groups -OCH3 is 2. The van der Waals surface area contributed by atoms with E-state index >= 15 is 0 Å². The van der Waals surface area contributed by atoms with Gasteiger partial charge in [0.15, 0.2) is 44.2 Å². The number of benzene rings is 5. The first-order chi connectivity index (χ1) is 60.8. The monoisotopic (exact) mass is 2170 g/mol. The summed E-state index contributed by atoms with van der Waals surface area (Å²) in [6.45, 7) is 4.68. The molecule has 14 heterocycles. The largest absolute Gasteiger partial charge is 0.488 e. The summed E-state index contributed by atoms with van der Waals surface area (Å²) >= 11 is 8.81. The van der Waals surface area contributed by atoms with Crippen molar-refractivity contribution in [3.8, 4) is 22.7 Å². The Hall–Kier alpha value is -12.8. The first-order valence-corrected chi connectivity index (χ1v) is 44.1. The molecule has 48 heteroatoms. The number of carboxylic acids is 1. The van der Waals surface area contributed by atoms with Crippen LogP contribution < -0.4 is 36.5 Å². The van der Waals surface area contributed by atoms with Crippen LogP contribution in [0.1, 0.15) is 72.4 Å². The van der Waals surface area contributed by atoms with Crippen molar-refractivity contribution in [3.63, 3.8) is 0 Å². The molecule has 646 valence electrons. The SMILES string of the molecule is COC(=O)c1ncn(-c2ccc(I)cc2)n1.COC(=O)c1ncn[nH]1.CS(=O)(=O)c1ccc(-n2cnc(C(=O)N[C@H]3CCN(c4nccn5ccnc45)C3)n2)cc1.N[C@H]1CCN(c2nccn3ccnc23)C1.O=C(N[C@H]1CCN(c2nccn3ccnc23)C1)c1ncn(-c2ccc(I)cc2)n1.O=C(O)c1ncn(-c2ccc(I)cc2)n1.OB(O)c1ccc(I)cc1. The van der Waals surface area contributed by atoms with Crippen molar-refractivity contribution in [1.29, 1.82) is 0 Å². The van der Waals surface area contributed by atoms with Gasteiger partial charge in [-0.05, 0) is 224 Å². The fourth-order valence-corrected chi connectivity index (χ4v) is 14.6. The maximum Gasteiger partial charge on any atom is 0.488 e. The number of fused-ring (bicyclic) bond motifs is 3. The zero-order chi connectivity index (χ0) is 89.0. The Morgan fingerprint density at radius 3 is 1.13 bits per heavy atom. The summed E-state index contributed by atoms with van der Waals surface area (Å²) in [6.07, 6.45) is 32.7. The van der Waals surface area contributed by atoms with Gasteiger partial charge in [0.05, 0.1) is 41.9 Å². The number of sulfone groups is 1. The normalized spacial score (nSPS) is 14.4. The number of nitrogens with zero attached hydrogens (tertiary/aromatic N) is 26. The van der Waals surface area contributed by atoms with Gasteiger partial charge in [-0.2, -0.15) is 5.10 Å².